The third-order valence-corrected chi connectivity index (χ3v) is 3.58. The second-order valence-electron chi connectivity index (χ2n) is 4.94. The van der Waals surface area contributed by atoms with Crippen LogP contribution < -0.4 is 5.32 Å². The Bertz CT molecular complexity index is 985. The largest absolute Gasteiger partial charge is 0.345 e. The van der Waals surface area contributed by atoms with E-state index in [2.05, 4.69) is 20.3 Å². The monoisotopic (exact) mass is 288 g/mol. The third-order valence-electron chi connectivity index (χ3n) is 3.58. The van der Waals surface area contributed by atoms with Crippen molar-refractivity contribution < 1.29 is 4.79 Å². The van der Waals surface area contributed by atoms with Gasteiger partial charge in [0.1, 0.15) is 5.52 Å². The number of anilines is 1. The normalized spacial score (nSPS) is 10.9. The molecular weight excluding hydrogens is 276 g/mol. The van der Waals surface area contributed by atoms with Gasteiger partial charge in [-0.25, -0.2) is 4.98 Å². The number of pyridine rings is 1. The molecule has 0 bridgehead atoms. The van der Waals surface area contributed by atoms with Crippen molar-refractivity contribution in [2.24, 2.45) is 0 Å². The SMILES string of the molecule is O=C(Nc1cccc2cccnc12)c1cccc2[nH]cnc12. The van der Waals surface area contributed by atoms with E-state index in [4.69, 9.17) is 0 Å². The van der Waals surface area contributed by atoms with E-state index in [1.807, 2.05) is 42.5 Å². The van der Waals surface area contributed by atoms with Crippen molar-refractivity contribution in [3.05, 3.63) is 66.6 Å². The maximum atomic E-state index is 12.6. The second kappa shape index (κ2) is 4.96. The molecule has 5 nitrogen and oxygen atoms in total. The summed E-state index contributed by atoms with van der Waals surface area (Å²) in [7, 11) is 0. The first-order chi connectivity index (χ1) is 10.8. The number of amides is 1. The molecule has 4 aromatic rings. The van der Waals surface area contributed by atoms with Crippen LogP contribution in [0, 0.1) is 0 Å². The average molecular weight is 288 g/mol. The molecule has 2 aromatic heterocycles. The van der Waals surface area contributed by atoms with Crippen LogP contribution >= 0.6 is 0 Å². The lowest BCUT2D eigenvalue weighted by Gasteiger charge is -2.08. The highest BCUT2D eigenvalue weighted by Crippen LogP contribution is 2.22. The fraction of sp³-hybridized carbons (Fsp3) is 0. The molecule has 2 N–H and O–H groups in total. The van der Waals surface area contributed by atoms with Crippen LogP contribution in [0.25, 0.3) is 21.9 Å². The van der Waals surface area contributed by atoms with Crippen LogP contribution in [0.4, 0.5) is 5.69 Å². The Morgan fingerprint density at radius 1 is 0.955 bits per heavy atom. The highest BCUT2D eigenvalue weighted by atomic mass is 16.1. The standard InChI is InChI=1S/C17H12N4O/c22-17(12-6-2-7-13-16(12)20-10-19-13)21-14-8-1-4-11-5-3-9-18-15(11)14/h1-10H,(H,19,20)(H,21,22). The number of carbonyl (C=O) groups is 1. The molecule has 0 radical (unpaired) electrons. The molecular formula is C17H12N4O. The molecule has 4 rings (SSSR count). The van der Waals surface area contributed by atoms with Crippen LogP contribution in [0.5, 0.6) is 0 Å². The molecule has 0 aliphatic rings. The topological polar surface area (TPSA) is 70.7 Å². The summed E-state index contributed by atoms with van der Waals surface area (Å²) in [6.07, 6.45) is 3.30. The molecule has 0 fully saturated rings. The van der Waals surface area contributed by atoms with Crippen LogP contribution in [-0.2, 0) is 0 Å². The highest BCUT2D eigenvalue weighted by molar-refractivity contribution is 6.13. The van der Waals surface area contributed by atoms with Gasteiger partial charge in [0.2, 0.25) is 0 Å². The summed E-state index contributed by atoms with van der Waals surface area (Å²) in [5.74, 6) is -0.198. The molecule has 2 heterocycles. The highest BCUT2D eigenvalue weighted by Gasteiger charge is 2.13. The second-order valence-corrected chi connectivity index (χ2v) is 4.94. The van der Waals surface area contributed by atoms with Crippen LogP contribution in [0.3, 0.4) is 0 Å². The predicted octanol–water partition coefficient (Wildman–Crippen LogP) is 3.36. The lowest BCUT2D eigenvalue weighted by molar-refractivity contribution is 0.102. The Labute approximate surface area is 126 Å². The number of H-pyrrole nitrogens is 1. The molecule has 5 heteroatoms. The molecule has 2 aromatic carbocycles. The van der Waals surface area contributed by atoms with Crippen LogP contribution in [-0.4, -0.2) is 20.9 Å². The zero-order valence-corrected chi connectivity index (χ0v) is 11.6. The first-order valence-electron chi connectivity index (χ1n) is 6.90. The molecule has 22 heavy (non-hydrogen) atoms. The van der Waals surface area contributed by atoms with E-state index in [0.29, 0.717) is 16.8 Å². The number of rotatable bonds is 2. The van der Waals surface area contributed by atoms with Crippen molar-refractivity contribution in [3.63, 3.8) is 0 Å². The third kappa shape index (κ3) is 2.00. The number of imidazole rings is 1. The van der Waals surface area contributed by atoms with Crippen LogP contribution in [0.1, 0.15) is 10.4 Å². The van der Waals surface area contributed by atoms with Crippen molar-refractivity contribution >= 4 is 33.5 Å². The Morgan fingerprint density at radius 3 is 2.77 bits per heavy atom. The van der Waals surface area contributed by atoms with Gasteiger partial charge in [-0.2, -0.15) is 0 Å². The van der Waals surface area contributed by atoms with Gasteiger partial charge in [-0.15, -0.1) is 0 Å². The number of aromatic nitrogens is 3. The molecule has 0 unspecified atom stereocenters. The number of aromatic amines is 1. The van der Waals surface area contributed by atoms with Gasteiger partial charge in [0.05, 0.1) is 28.6 Å². The molecule has 0 aliphatic heterocycles. The number of carbonyl (C=O) groups excluding carboxylic acids is 1. The van der Waals surface area contributed by atoms with Crippen molar-refractivity contribution in [2.75, 3.05) is 5.32 Å². The summed E-state index contributed by atoms with van der Waals surface area (Å²) in [5.41, 5.74) is 3.49. The predicted molar refractivity (Wildman–Crippen MR) is 85.8 cm³/mol. The molecule has 1 amide bonds. The minimum Gasteiger partial charge on any atom is -0.345 e. The minimum absolute atomic E-state index is 0.198. The number of benzene rings is 2. The van der Waals surface area contributed by atoms with Crippen molar-refractivity contribution in [2.45, 2.75) is 0 Å². The number of para-hydroxylation sites is 2. The lowest BCUT2D eigenvalue weighted by Crippen LogP contribution is -2.13. The van der Waals surface area contributed by atoms with E-state index in [1.165, 1.54) is 0 Å². The van der Waals surface area contributed by atoms with E-state index in [9.17, 15) is 4.79 Å². The zero-order chi connectivity index (χ0) is 14.9. The van der Waals surface area contributed by atoms with E-state index >= 15 is 0 Å². The maximum Gasteiger partial charge on any atom is 0.257 e. The number of nitrogens with zero attached hydrogens (tertiary/aromatic N) is 2. The van der Waals surface area contributed by atoms with Gasteiger partial charge in [0, 0.05) is 11.6 Å². The molecule has 0 spiro atoms. The molecule has 0 saturated heterocycles. The molecule has 0 atom stereocenters. The summed E-state index contributed by atoms with van der Waals surface area (Å²) in [5, 5.41) is 3.91. The summed E-state index contributed by atoms with van der Waals surface area (Å²) in [6, 6.07) is 15.0. The quantitative estimate of drug-likeness (QED) is 0.594. The van der Waals surface area contributed by atoms with Gasteiger partial charge in [-0.05, 0) is 24.3 Å². The van der Waals surface area contributed by atoms with Gasteiger partial charge in [-0.3, -0.25) is 9.78 Å². The summed E-state index contributed by atoms with van der Waals surface area (Å²) >= 11 is 0. The smallest absolute Gasteiger partial charge is 0.257 e. The number of hydrogen-bond acceptors (Lipinski definition) is 3. The fourth-order valence-electron chi connectivity index (χ4n) is 2.54. The van der Waals surface area contributed by atoms with Crippen LogP contribution in [0.15, 0.2) is 61.1 Å². The first kappa shape index (κ1) is 12.5. The summed E-state index contributed by atoms with van der Waals surface area (Å²) in [6.45, 7) is 0. The zero-order valence-electron chi connectivity index (χ0n) is 11.6. The van der Waals surface area contributed by atoms with E-state index in [-0.39, 0.29) is 5.91 Å². The average Bonchev–Trinajstić information content (AvgIpc) is 3.03. The number of fused-ring (bicyclic) bond motifs is 2. The van der Waals surface area contributed by atoms with E-state index in [1.54, 1.807) is 18.6 Å². The van der Waals surface area contributed by atoms with Gasteiger partial charge in [0.15, 0.2) is 0 Å². The molecule has 106 valence electrons. The van der Waals surface area contributed by atoms with Gasteiger partial charge in [-0.1, -0.05) is 24.3 Å². The first-order valence-corrected chi connectivity index (χ1v) is 6.90. The van der Waals surface area contributed by atoms with Gasteiger partial charge >= 0.3 is 0 Å². The Kier molecular flexibility index (Phi) is 2.83. The fourth-order valence-corrected chi connectivity index (χ4v) is 2.54. The van der Waals surface area contributed by atoms with Crippen LogP contribution in [0.2, 0.25) is 0 Å². The molecule has 0 saturated carbocycles. The van der Waals surface area contributed by atoms with E-state index < -0.39 is 0 Å². The Balaban J connectivity index is 1.76. The summed E-state index contributed by atoms with van der Waals surface area (Å²) in [4.78, 5) is 24.1. The Morgan fingerprint density at radius 2 is 1.82 bits per heavy atom. The minimum atomic E-state index is -0.198. The summed E-state index contributed by atoms with van der Waals surface area (Å²) < 4.78 is 0. The number of hydrogen-bond donors (Lipinski definition) is 2. The lowest BCUT2D eigenvalue weighted by atomic mass is 10.1. The van der Waals surface area contributed by atoms with Gasteiger partial charge in [0.25, 0.3) is 5.91 Å². The van der Waals surface area contributed by atoms with Gasteiger partial charge < -0.3 is 10.3 Å². The molecule has 0 aliphatic carbocycles. The van der Waals surface area contributed by atoms with Crippen molar-refractivity contribution in [3.8, 4) is 0 Å². The Hall–Kier alpha value is -3.21. The van der Waals surface area contributed by atoms with Crippen molar-refractivity contribution in [1.29, 1.82) is 0 Å². The van der Waals surface area contributed by atoms with E-state index in [0.717, 1.165) is 16.4 Å². The maximum absolute atomic E-state index is 12.6. The number of nitrogens with one attached hydrogen (secondary N) is 2. The van der Waals surface area contributed by atoms with Crippen molar-refractivity contribution in [1.82, 2.24) is 15.0 Å².